The highest BCUT2D eigenvalue weighted by Gasteiger charge is 2.11. The predicted molar refractivity (Wildman–Crippen MR) is 62.1 cm³/mol. The van der Waals surface area contributed by atoms with E-state index in [0.29, 0.717) is 17.5 Å². The lowest BCUT2D eigenvalue weighted by Crippen LogP contribution is -1.93. The summed E-state index contributed by atoms with van der Waals surface area (Å²) in [6.45, 7) is 0.459. The Labute approximate surface area is 97.9 Å². The molecule has 16 heavy (non-hydrogen) atoms. The number of nitrogens with two attached hydrogens (primary N) is 1. The molecule has 0 aliphatic carbocycles. The summed E-state index contributed by atoms with van der Waals surface area (Å²) in [7, 11) is 1.63. The van der Waals surface area contributed by atoms with Crippen molar-refractivity contribution in [3.05, 3.63) is 35.0 Å². The Morgan fingerprint density at radius 2 is 2.25 bits per heavy atom. The van der Waals surface area contributed by atoms with Gasteiger partial charge in [-0.25, -0.2) is 0 Å². The molecule has 5 heteroatoms. The lowest BCUT2D eigenvalue weighted by molar-refractivity contribution is 0.185. The molecular weight excluding hydrogens is 228 g/mol. The minimum atomic E-state index is 0.291. The molecule has 1 heterocycles. The lowest BCUT2D eigenvalue weighted by Gasteiger charge is -2.07. The summed E-state index contributed by atoms with van der Waals surface area (Å²) in [5.74, 6) is 0.291. The second kappa shape index (κ2) is 4.55. The van der Waals surface area contributed by atoms with Crippen molar-refractivity contribution < 1.29 is 9.26 Å². The Kier molecular flexibility index (Phi) is 3.12. The Bertz CT molecular complexity index is 496. The average molecular weight is 239 g/mol. The highest BCUT2D eigenvalue weighted by atomic mass is 35.5. The first-order valence-electron chi connectivity index (χ1n) is 4.70. The van der Waals surface area contributed by atoms with E-state index in [9.17, 15) is 0 Å². The minimum Gasteiger partial charge on any atom is -0.380 e. The minimum absolute atomic E-state index is 0.291. The number of benzene rings is 1. The number of nitrogen functional groups attached to an aromatic ring is 1. The van der Waals surface area contributed by atoms with Gasteiger partial charge >= 0.3 is 0 Å². The van der Waals surface area contributed by atoms with Crippen molar-refractivity contribution in [3.8, 4) is 11.1 Å². The fourth-order valence-electron chi connectivity index (χ4n) is 1.55. The molecule has 2 aromatic rings. The summed E-state index contributed by atoms with van der Waals surface area (Å²) < 4.78 is 9.95. The molecule has 2 N–H and O–H groups in total. The molecule has 0 saturated heterocycles. The largest absolute Gasteiger partial charge is 0.380 e. The van der Waals surface area contributed by atoms with Gasteiger partial charge in [0.15, 0.2) is 0 Å². The number of halogens is 1. The molecule has 0 atom stereocenters. The van der Waals surface area contributed by atoms with Gasteiger partial charge in [0, 0.05) is 12.1 Å². The standard InChI is InChI=1S/C11H11ClN2O2/c1-15-6-7-4-8(12)2-3-9(7)10-5-14-16-11(10)13/h2-5H,6,13H2,1H3. The van der Waals surface area contributed by atoms with Crippen LogP contribution in [0.5, 0.6) is 0 Å². The first kappa shape index (κ1) is 11.0. The van der Waals surface area contributed by atoms with Crippen LogP contribution in [0.25, 0.3) is 11.1 Å². The van der Waals surface area contributed by atoms with Gasteiger partial charge in [0.2, 0.25) is 5.88 Å². The normalized spacial score (nSPS) is 10.6. The SMILES string of the molecule is COCc1cc(Cl)ccc1-c1cnoc1N. The monoisotopic (exact) mass is 238 g/mol. The molecule has 0 amide bonds. The fourth-order valence-corrected chi connectivity index (χ4v) is 1.75. The summed E-state index contributed by atoms with van der Waals surface area (Å²) in [5, 5.41) is 4.31. The van der Waals surface area contributed by atoms with Gasteiger partial charge in [0.1, 0.15) is 0 Å². The summed E-state index contributed by atoms with van der Waals surface area (Å²) in [6.07, 6.45) is 1.58. The molecule has 0 fully saturated rings. The third kappa shape index (κ3) is 2.03. The first-order chi connectivity index (χ1) is 7.72. The van der Waals surface area contributed by atoms with Crippen molar-refractivity contribution in [2.24, 2.45) is 0 Å². The van der Waals surface area contributed by atoms with Crippen LogP contribution in [0, 0.1) is 0 Å². The number of rotatable bonds is 3. The van der Waals surface area contributed by atoms with E-state index in [4.69, 9.17) is 26.6 Å². The molecule has 84 valence electrons. The molecule has 0 spiro atoms. The molecule has 0 aliphatic rings. The number of nitrogens with zero attached hydrogens (tertiary/aromatic N) is 1. The van der Waals surface area contributed by atoms with Crippen LogP contribution in [-0.2, 0) is 11.3 Å². The van der Waals surface area contributed by atoms with Crippen molar-refractivity contribution in [1.29, 1.82) is 0 Å². The molecule has 0 bridgehead atoms. The molecule has 2 rings (SSSR count). The lowest BCUT2D eigenvalue weighted by atomic mass is 10.0. The van der Waals surface area contributed by atoms with Gasteiger partial charge in [-0.15, -0.1) is 0 Å². The number of anilines is 1. The van der Waals surface area contributed by atoms with Gasteiger partial charge in [-0.05, 0) is 23.3 Å². The summed E-state index contributed by atoms with van der Waals surface area (Å²) >= 11 is 5.93. The van der Waals surface area contributed by atoms with Gasteiger partial charge in [-0.2, -0.15) is 0 Å². The van der Waals surface area contributed by atoms with E-state index >= 15 is 0 Å². The molecule has 0 saturated carbocycles. The maximum atomic E-state index is 5.93. The molecule has 0 radical (unpaired) electrons. The molecule has 1 aromatic heterocycles. The van der Waals surface area contributed by atoms with E-state index in [2.05, 4.69) is 5.16 Å². The Balaban J connectivity index is 2.51. The van der Waals surface area contributed by atoms with Gasteiger partial charge in [-0.1, -0.05) is 22.8 Å². The van der Waals surface area contributed by atoms with Crippen LogP contribution in [0.15, 0.2) is 28.9 Å². The van der Waals surface area contributed by atoms with Gasteiger partial charge in [0.25, 0.3) is 0 Å². The van der Waals surface area contributed by atoms with Crippen LogP contribution in [0.1, 0.15) is 5.56 Å². The average Bonchev–Trinajstić information content (AvgIpc) is 2.65. The van der Waals surface area contributed by atoms with E-state index in [0.717, 1.165) is 16.7 Å². The van der Waals surface area contributed by atoms with Crippen LogP contribution < -0.4 is 5.73 Å². The Hall–Kier alpha value is -1.52. The Morgan fingerprint density at radius 3 is 2.88 bits per heavy atom. The van der Waals surface area contributed by atoms with Crippen LogP contribution in [-0.4, -0.2) is 12.3 Å². The zero-order valence-corrected chi connectivity index (χ0v) is 9.49. The molecule has 0 aliphatic heterocycles. The zero-order valence-electron chi connectivity index (χ0n) is 8.74. The topological polar surface area (TPSA) is 61.3 Å². The number of ether oxygens (including phenoxy) is 1. The molecule has 1 aromatic carbocycles. The van der Waals surface area contributed by atoms with Crippen molar-refractivity contribution in [2.75, 3.05) is 12.8 Å². The third-order valence-corrected chi connectivity index (χ3v) is 2.49. The first-order valence-corrected chi connectivity index (χ1v) is 5.08. The highest BCUT2D eigenvalue weighted by Crippen LogP contribution is 2.30. The summed E-state index contributed by atoms with van der Waals surface area (Å²) in [6, 6.07) is 5.51. The van der Waals surface area contributed by atoms with E-state index in [1.54, 1.807) is 19.4 Å². The number of hydrogen-bond donors (Lipinski definition) is 1. The summed E-state index contributed by atoms with van der Waals surface area (Å²) in [5.41, 5.74) is 8.30. The predicted octanol–water partition coefficient (Wildman–Crippen LogP) is 2.72. The van der Waals surface area contributed by atoms with Gasteiger partial charge in [0.05, 0.1) is 18.4 Å². The smallest absolute Gasteiger partial charge is 0.229 e. The van der Waals surface area contributed by atoms with Crippen molar-refractivity contribution in [2.45, 2.75) is 6.61 Å². The molecular formula is C11H11ClN2O2. The van der Waals surface area contributed by atoms with Crippen molar-refractivity contribution in [1.82, 2.24) is 5.16 Å². The van der Waals surface area contributed by atoms with E-state index in [-0.39, 0.29) is 0 Å². The highest BCUT2D eigenvalue weighted by molar-refractivity contribution is 6.30. The fraction of sp³-hybridized carbons (Fsp3) is 0.182. The number of methoxy groups -OCH3 is 1. The number of aromatic nitrogens is 1. The second-order valence-corrected chi connectivity index (χ2v) is 3.77. The van der Waals surface area contributed by atoms with Gasteiger partial charge < -0.3 is 15.0 Å². The van der Waals surface area contributed by atoms with Crippen LogP contribution in [0.4, 0.5) is 5.88 Å². The molecule has 4 nitrogen and oxygen atoms in total. The zero-order chi connectivity index (χ0) is 11.5. The maximum Gasteiger partial charge on any atom is 0.229 e. The van der Waals surface area contributed by atoms with Crippen LogP contribution in [0.2, 0.25) is 5.02 Å². The second-order valence-electron chi connectivity index (χ2n) is 3.34. The molecule has 0 unspecified atom stereocenters. The summed E-state index contributed by atoms with van der Waals surface area (Å²) in [4.78, 5) is 0. The number of hydrogen-bond acceptors (Lipinski definition) is 4. The quantitative estimate of drug-likeness (QED) is 0.893. The van der Waals surface area contributed by atoms with E-state index in [1.807, 2.05) is 12.1 Å². The van der Waals surface area contributed by atoms with Gasteiger partial charge in [-0.3, -0.25) is 0 Å². The maximum absolute atomic E-state index is 5.93. The third-order valence-electron chi connectivity index (χ3n) is 2.26. The van der Waals surface area contributed by atoms with E-state index < -0.39 is 0 Å². The van der Waals surface area contributed by atoms with Crippen molar-refractivity contribution in [3.63, 3.8) is 0 Å². The van der Waals surface area contributed by atoms with Crippen LogP contribution in [0.3, 0.4) is 0 Å². The van der Waals surface area contributed by atoms with E-state index in [1.165, 1.54) is 0 Å². The Morgan fingerprint density at radius 1 is 1.44 bits per heavy atom. The van der Waals surface area contributed by atoms with Crippen molar-refractivity contribution >= 4 is 17.5 Å². The van der Waals surface area contributed by atoms with Crippen LogP contribution >= 0.6 is 11.6 Å².